The number of ether oxygens (including phenoxy) is 3. The molecule has 11 nitrogen and oxygen atoms in total. The first kappa shape index (κ1) is 41.4. The van der Waals surface area contributed by atoms with E-state index in [-0.39, 0.29) is 38.5 Å². The van der Waals surface area contributed by atoms with Crippen LogP contribution in [-0.2, 0) is 30.4 Å². The molecule has 0 spiro atoms. The molecule has 2 aromatic rings. The zero-order valence-electron chi connectivity index (χ0n) is 28.7. The highest BCUT2D eigenvalue weighted by molar-refractivity contribution is 5.82. The van der Waals surface area contributed by atoms with Crippen LogP contribution in [-0.4, -0.2) is 55.2 Å². The Labute approximate surface area is 292 Å². The molecule has 1 saturated carbocycles. The Bertz CT molecular complexity index is 1370. The molecule has 0 radical (unpaired) electrons. The minimum Gasteiger partial charge on any atom is -0.487 e. The van der Waals surface area contributed by atoms with Gasteiger partial charge in [-0.3, -0.25) is 9.59 Å². The number of nitrogens with one attached hydrogen (secondary N) is 1. The van der Waals surface area contributed by atoms with Gasteiger partial charge in [-0.1, -0.05) is 68.3 Å². The zero-order valence-corrected chi connectivity index (χ0v) is 28.7. The highest BCUT2D eigenvalue weighted by Crippen LogP contribution is 2.33. The topological polar surface area (TPSA) is 143 Å². The Balaban J connectivity index is 0.000000387. The van der Waals surface area contributed by atoms with Crippen LogP contribution >= 0.6 is 0 Å². The molecule has 50 heavy (non-hydrogen) atoms. The van der Waals surface area contributed by atoms with Crippen molar-refractivity contribution in [3.8, 4) is 11.5 Å². The number of carbonyl (C=O) groups excluding carboxylic acids is 3. The van der Waals surface area contributed by atoms with Crippen LogP contribution in [0.5, 0.6) is 11.5 Å². The van der Waals surface area contributed by atoms with Gasteiger partial charge >= 0.3 is 11.9 Å². The van der Waals surface area contributed by atoms with Gasteiger partial charge in [-0.15, -0.1) is 10.1 Å². The minimum atomic E-state index is -2.90. The maximum Gasteiger partial charge on any atom is 0.330 e. The third-order valence-electron chi connectivity index (χ3n) is 7.66. The number of para-hydroxylation sites is 1. The number of hydrogen-bond donors (Lipinski definition) is 1. The van der Waals surface area contributed by atoms with Crippen molar-refractivity contribution < 1.29 is 47.3 Å². The first-order chi connectivity index (χ1) is 24.0. The number of halogens is 2. The number of allylic oxidation sites excluding steroid dienone is 3. The summed E-state index contributed by atoms with van der Waals surface area (Å²) in [5.41, 5.74) is 0.874. The maximum atomic E-state index is 13.7. The highest BCUT2D eigenvalue weighted by atomic mass is 19.3. The van der Waals surface area contributed by atoms with Crippen LogP contribution in [0.4, 0.5) is 8.78 Å². The van der Waals surface area contributed by atoms with Gasteiger partial charge in [-0.05, 0) is 80.3 Å². The van der Waals surface area contributed by atoms with Crippen LogP contribution in [0.1, 0.15) is 70.8 Å². The normalized spacial score (nSPS) is 15.6. The Hall–Kier alpha value is -4.81. The summed E-state index contributed by atoms with van der Waals surface area (Å²) < 4.78 is 42.7. The largest absolute Gasteiger partial charge is 0.487 e. The lowest BCUT2D eigenvalue weighted by Crippen LogP contribution is -2.31. The summed E-state index contributed by atoms with van der Waals surface area (Å²) in [6, 6.07) is 15.4. The quantitative estimate of drug-likeness (QED) is 0.0378. The predicted octanol–water partition coefficient (Wildman–Crippen LogP) is 7.22. The van der Waals surface area contributed by atoms with Crippen molar-refractivity contribution >= 4 is 17.8 Å². The van der Waals surface area contributed by atoms with Gasteiger partial charge in [0.25, 0.3) is 11.0 Å². The highest BCUT2D eigenvalue weighted by Gasteiger charge is 2.28. The predicted molar refractivity (Wildman–Crippen MR) is 183 cm³/mol. The van der Waals surface area contributed by atoms with Crippen molar-refractivity contribution in [1.29, 1.82) is 0 Å². The van der Waals surface area contributed by atoms with Crippen LogP contribution in [0.25, 0.3) is 0 Å². The zero-order chi connectivity index (χ0) is 36.6. The van der Waals surface area contributed by atoms with E-state index in [9.17, 15) is 33.3 Å². The number of esters is 2. The maximum absolute atomic E-state index is 13.7. The van der Waals surface area contributed by atoms with Gasteiger partial charge in [0.2, 0.25) is 5.91 Å². The molecule has 0 aromatic heterocycles. The molecule has 0 saturated heterocycles. The third-order valence-corrected chi connectivity index (χ3v) is 7.66. The first-order valence-electron chi connectivity index (χ1n) is 16.8. The number of rotatable bonds is 20. The average molecular weight is 703 g/mol. The van der Waals surface area contributed by atoms with Gasteiger partial charge in [-0.25, -0.2) is 4.79 Å². The number of carbonyl (C=O) groups is 3. The van der Waals surface area contributed by atoms with Crippen molar-refractivity contribution in [2.45, 2.75) is 77.6 Å². The van der Waals surface area contributed by atoms with Crippen LogP contribution in [0.15, 0.2) is 78.9 Å². The second-order valence-corrected chi connectivity index (χ2v) is 11.8. The van der Waals surface area contributed by atoms with E-state index < -0.39 is 29.6 Å². The number of benzene rings is 2. The summed E-state index contributed by atoms with van der Waals surface area (Å²) >= 11 is 0. The molecule has 0 bridgehead atoms. The van der Waals surface area contributed by atoms with E-state index in [2.05, 4.69) is 17.1 Å². The van der Waals surface area contributed by atoms with Gasteiger partial charge in [-0.2, -0.15) is 8.78 Å². The monoisotopic (exact) mass is 702 g/mol. The SMILES string of the molecule is C/C=C\CCCC(=O)NCC(=O)Oc1ccc(CCOC(=O)CCCO[N+](=O)[O-])cc1.CC1CCCC1/C=C/C(F)(F)COc1ccccc1. The smallest absolute Gasteiger partial charge is 0.330 e. The molecule has 13 heteroatoms. The molecular formula is C37H48F2N2O9. The summed E-state index contributed by atoms with van der Waals surface area (Å²) in [5, 5.41) is 11.6. The molecule has 1 aliphatic carbocycles. The number of nitrogens with zero attached hydrogens (tertiary/aromatic N) is 1. The van der Waals surface area contributed by atoms with E-state index in [0.717, 1.165) is 43.7 Å². The van der Waals surface area contributed by atoms with Crippen LogP contribution in [0.2, 0.25) is 0 Å². The van der Waals surface area contributed by atoms with Gasteiger partial charge in [0.1, 0.15) is 18.0 Å². The third kappa shape index (κ3) is 19.3. The molecule has 274 valence electrons. The van der Waals surface area contributed by atoms with Crippen molar-refractivity contribution in [2.75, 3.05) is 26.4 Å². The van der Waals surface area contributed by atoms with Crippen LogP contribution in [0, 0.1) is 22.0 Å². The Morgan fingerprint density at radius 1 is 0.980 bits per heavy atom. The summed E-state index contributed by atoms with van der Waals surface area (Å²) in [6.07, 6.45) is 12.5. The van der Waals surface area contributed by atoms with Gasteiger partial charge < -0.3 is 24.4 Å². The summed E-state index contributed by atoms with van der Waals surface area (Å²) in [6.45, 7) is 3.25. The van der Waals surface area contributed by atoms with Crippen LogP contribution < -0.4 is 14.8 Å². The van der Waals surface area contributed by atoms with E-state index in [1.807, 2.05) is 25.1 Å². The van der Waals surface area contributed by atoms with Gasteiger partial charge in [0.15, 0.2) is 6.61 Å². The standard InChI is InChI=1S/C21H28N2O8.C16H20F2O/c1-2-3-4-5-7-19(24)22-16-21(26)31-18-11-9-17(10-12-18)13-15-29-20(25)8-6-14-30-23(27)28;1-13-6-5-7-14(13)10-11-16(17,18)12-19-15-8-3-2-4-9-15/h2-3,9-12H,4-8,13-16H2,1H3,(H,22,24);2-4,8-11,13-14H,5-7,12H2,1H3/b3-2-;11-10+. The molecule has 1 N–H and O–H groups in total. The molecule has 3 rings (SSSR count). The van der Waals surface area contributed by atoms with Crippen molar-refractivity contribution in [3.63, 3.8) is 0 Å². The van der Waals surface area contributed by atoms with E-state index in [1.54, 1.807) is 54.6 Å². The number of alkyl halides is 2. The summed E-state index contributed by atoms with van der Waals surface area (Å²) in [4.78, 5) is 49.1. The van der Waals surface area contributed by atoms with Gasteiger partial charge in [0.05, 0.1) is 13.2 Å². The Morgan fingerprint density at radius 3 is 2.38 bits per heavy atom. The minimum absolute atomic E-state index is 0.0368. The Morgan fingerprint density at radius 2 is 1.72 bits per heavy atom. The summed E-state index contributed by atoms with van der Waals surface area (Å²) in [7, 11) is 0. The summed E-state index contributed by atoms with van der Waals surface area (Å²) in [5.74, 6) is -2.49. The molecule has 0 aliphatic heterocycles. The second kappa shape index (κ2) is 23.5. The fraction of sp³-hybridized carbons (Fsp3) is 0.486. The number of amides is 1. The van der Waals surface area contributed by atoms with E-state index >= 15 is 0 Å². The first-order valence-corrected chi connectivity index (χ1v) is 16.8. The van der Waals surface area contributed by atoms with E-state index in [4.69, 9.17) is 14.2 Å². The van der Waals surface area contributed by atoms with Gasteiger partial charge in [0, 0.05) is 19.3 Å². The molecule has 1 amide bonds. The van der Waals surface area contributed by atoms with E-state index in [1.165, 1.54) is 0 Å². The second-order valence-electron chi connectivity index (χ2n) is 11.8. The fourth-order valence-corrected chi connectivity index (χ4v) is 4.88. The molecule has 2 unspecified atom stereocenters. The molecule has 1 aliphatic rings. The fourth-order valence-electron chi connectivity index (χ4n) is 4.88. The van der Waals surface area contributed by atoms with Crippen molar-refractivity contribution in [1.82, 2.24) is 5.32 Å². The lowest BCUT2D eigenvalue weighted by molar-refractivity contribution is -0.757. The average Bonchev–Trinajstić information content (AvgIpc) is 3.52. The molecular weight excluding hydrogens is 654 g/mol. The lowest BCUT2D eigenvalue weighted by Gasteiger charge is -2.15. The molecule has 1 fully saturated rings. The molecule has 2 atom stereocenters. The van der Waals surface area contributed by atoms with E-state index in [0.29, 0.717) is 36.2 Å². The van der Waals surface area contributed by atoms with Crippen molar-refractivity contribution in [2.24, 2.45) is 11.8 Å². The number of unbranched alkanes of at least 4 members (excludes halogenated alkanes) is 1. The lowest BCUT2D eigenvalue weighted by atomic mass is 9.97. The Kier molecular flexibility index (Phi) is 19.5. The number of hydrogen-bond acceptors (Lipinski definition) is 9. The van der Waals surface area contributed by atoms with Crippen LogP contribution in [0.3, 0.4) is 0 Å². The molecule has 2 aromatic carbocycles. The molecule has 0 heterocycles. The van der Waals surface area contributed by atoms with Crippen molar-refractivity contribution in [3.05, 3.63) is 94.6 Å².